The summed E-state index contributed by atoms with van der Waals surface area (Å²) in [5.41, 5.74) is 0.0166. The molecule has 0 fully saturated rings. The van der Waals surface area contributed by atoms with E-state index in [1.165, 1.54) is 16.8 Å². The Morgan fingerprint density at radius 2 is 2.11 bits per heavy atom. The molecule has 2 heterocycles. The maximum Gasteiger partial charge on any atom is 0.285 e. The Kier molecular flexibility index (Phi) is 3.82. The van der Waals surface area contributed by atoms with E-state index in [-0.39, 0.29) is 22.9 Å². The molecule has 2 rings (SSSR count). The molecule has 2 aromatic rings. The second-order valence-electron chi connectivity index (χ2n) is 3.71. The molecule has 0 aliphatic rings. The Morgan fingerprint density at radius 1 is 1.37 bits per heavy atom. The van der Waals surface area contributed by atoms with Crippen LogP contribution in [-0.4, -0.2) is 14.5 Å². The maximum atomic E-state index is 11.6. The summed E-state index contributed by atoms with van der Waals surface area (Å²) in [7, 11) is 0. The number of nitro groups is 1. The van der Waals surface area contributed by atoms with E-state index in [4.69, 9.17) is 23.2 Å². The molecule has 0 N–H and O–H groups in total. The first-order valence-corrected chi connectivity index (χ1v) is 5.88. The SMILES string of the molecule is O=c1ccc([N+](=O)[O-])cn1Cc1cnc(Cl)cc1Cl. The molecule has 0 amide bonds. The van der Waals surface area contributed by atoms with Gasteiger partial charge in [-0.25, -0.2) is 4.98 Å². The molecule has 8 heteroatoms. The number of halogens is 2. The van der Waals surface area contributed by atoms with Crippen LogP contribution in [0.25, 0.3) is 0 Å². The highest BCUT2D eigenvalue weighted by molar-refractivity contribution is 6.34. The first-order chi connectivity index (χ1) is 8.97. The summed E-state index contributed by atoms with van der Waals surface area (Å²) in [5.74, 6) is 0. The normalized spacial score (nSPS) is 10.4. The predicted octanol–water partition coefficient (Wildman–Crippen LogP) is 2.51. The van der Waals surface area contributed by atoms with Gasteiger partial charge in [-0.15, -0.1) is 0 Å². The summed E-state index contributed by atoms with van der Waals surface area (Å²) in [5, 5.41) is 11.2. The van der Waals surface area contributed by atoms with Crippen molar-refractivity contribution in [3.63, 3.8) is 0 Å². The van der Waals surface area contributed by atoms with Gasteiger partial charge in [0, 0.05) is 23.9 Å². The Balaban J connectivity index is 2.40. The van der Waals surface area contributed by atoms with E-state index in [0.717, 1.165) is 18.3 Å². The number of nitrogens with zero attached hydrogens (tertiary/aromatic N) is 3. The van der Waals surface area contributed by atoms with E-state index in [2.05, 4.69) is 4.98 Å². The largest absolute Gasteiger partial charge is 0.304 e. The summed E-state index contributed by atoms with van der Waals surface area (Å²) in [4.78, 5) is 25.6. The molecule has 2 aromatic heterocycles. The molecule has 0 spiro atoms. The molecule has 0 saturated heterocycles. The summed E-state index contributed by atoms with van der Waals surface area (Å²) in [6.45, 7) is 0.0868. The van der Waals surface area contributed by atoms with Crippen molar-refractivity contribution in [2.45, 2.75) is 6.54 Å². The van der Waals surface area contributed by atoms with Crippen LogP contribution in [0.1, 0.15) is 5.56 Å². The van der Waals surface area contributed by atoms with Gasteiger partial charge in [0.05, 0.1) is 22.7 Å². The highest BCUT2D eigenvalue weighted by Crippen LogP contribution is 2.19. The van der Waals surface area contributed by atoms with Crippen LogP contribution in [0, 0.1) is 10.1 Å². The van der Waals surface area contributed by atoms with Crippen molar-refractivity contribution in [2.75, 3.05) is 0 Å². The average molecular weight is 300 g/mol. The van der Waals surface area contributed by atoms with E-state index in [0.29, 0.717) is 10.6 Å². The van der Waals surface area contributed by atoms with Gasteiger partial charge in [-0.3, -0.25) is 14.9 Å². The van der Waals surface area contributed by atoms with Crippen molar-refractivity contribution in [2.24, 2.45) is 0 Å². The second-order valence-corrected chi connectivity index (χ2v) is 4.50. The minimum Gasteiger partial charge on any atom is -0.304 e. The summed E-state index contributed by atoms with van der Waals surface area (Å²) in [6.07, 6.45) is 2.59. The Labute approximate surface area is 117 Å². The lowest BCUT2D eigenvalue weighted by Gasteiger charge is -2.07. The summed E-state index contributed by atoms with van der Waals surface area (Å²) < 4.78 is 1.19. The van der Waals surface area contributed by atoms with E-state index in [1.54, 1.807) is 0 Å². The number of aromatic nitrogens is 2. The van der Waals surface area contributed by atoms with Crippen LogP contribution >= 0.6 is 23.2 Å². The molecule has 0 radical (unpaired) electrons. The zero-order valence-corrected chi connectivity index (χ0v) is 10.9. The molecular formula is C11H7Cl2N3O3. The van der Waals surface area contributed by atoms with Crippen LogP contribution in [0.4, 0.5) is 5.69 Å². The highest BCUT2D eigenvalue weighted by Gasteiger charge is 2.10. The second kappa shape index (κ2) is 5.38. The number of hydrogen-bond donors (Lipinski definition) is 0. The minimum atomic E-state index is -0.572. The van der Waals surface area contributed by atoms with Crippen LogP contribution < -0.4 is 5.56 Å². The third kappa shape index (κ3) is 3.10. The first-order valence-electron chi connectivity index (χ1n) is 5.12. The van der Waals surface area contributed by atoms with Gasteiger partial charge in [0.15, 0.2) is 0 Å². The van der Waals surface area contributed by atoms with Crippen molar-refractivity contribution >= 4 is 28.9 Å². The summed E-state index contributed by atoms with van der Waals surface area (Å²) in [6, 6.07) is 3.73. The topological polar surface area (TPSA) is 78.0 Å². The van der Waals surface area contributed by atoms with E-state index in [9.17, 15) is 14.9 Å². The Bertz CT molecular complexity index is 700. The smallest absolute Gasteiger partial charge is 0.285 e. The predicted molar refractivity (Wildman–Crippen MR) is 70.7 cm³/mol. The number of pyridine rings is 2. The lowest BCUT2D eigenvalue weighted by atomic mass is 10.2. The van der Waals surface area contributed by atoms with Gasteiger partial charge in [-0.05, 0) is 6.07 Å². The first kappa shape index (κ1) is 13.5. The van der Waals surface area contributed by atoms with Crippen molar-refractivity contribution in [1.29, 1.82) is 0 Å². The van der Waals surface area contributed by atoms with Crippen molar-refractivity contribution in [3.8, 4) is 0 Å². The Morgan fingerprint density at radius 3 is 2.74 bits per heavy atom. The molecule has 98 valence electrons. The fourth-order valence-corrected chi connectivity index (χ4v) is 1.91. The number of rotatable bonds is 3. The lowest BCUT2D eigenvalue weighted by molar-refractivity contribution is -0.385. The number of hydrogen-bond acceptors (Lipinski definition) is 4. The lowest BCUT2D eigenvalue weighted by Crippen LogP contribution is -2.19. The third-order valence-corrected chi connectivity index (χ3v) is 2.97. The quantitative estimate of drug-likeness (QED) is 0.495. The minimum absolute atomic E-state index is 0.0868. The van der Waals surface area contributed by atoms with Crippen molar-refractivity contribution < 1.29 is 4.92 Å². The van der Waals surface area contributed by atoms with E-state index < -0.39 is 4.92 Å². The molecule has 0 aliphatic heterocycles. The summed E-state index contributed by atoms with van der Waals surface area (Å²) >= 11 is 11.6. The van der Waals surface area contributed by atoms with Gasteiger partial charge in [0.1, 0.15) is 5.15 Å². The molecule has 19 heavy (non-hydrogen) atoms. The van der Waals surface area contributed by atoms with Crippen LogP contribution in [0.2, 0.25) is 10.2 Å². The zero-order chi connectivity index (χ0) is 14.0. The molecule has 0 atom stereocenters. The average Bonchev–Trinajstić information content (AvgIpc) is 2.34. The Hall–Kier alpha value is -1.92. The molecule has 6 nitrogen and oxygen atoms in total. The maximum absolute atomic E-state index is 11.6. The van der Waals surface area contributed by atoms with Crippen molar-refractivity contribution in [3.05, 3.63) is 66.8 Å². The fourth-order valence-electron chi connectivity index (χ4n) is 1.49. The standard InChI is InChI=1S/C11H7Cl2N3O3/c12-9-3-10(13)14-4-7(9)5-15-6-8(16(18)19)1-2-11(15)17/h1-4,6H,5H2. The van der Waals surface area contributed by atoms with Crippen molar-refractivity contribution in [1.82, 2.24) is 9.55 Å². The van der Waals surface area contributed by atoms with Crippen LogP contribution in [-0.2, 0) is 6.54 Å². The van der Waals surface area contributed by atoms with E-state index in [1.807, 2.05) is 0 Å². The fraction of sp³-hybridized carbons (Fsp3) is 0.0909. The van der Waals surface area contributed by atoms with E-state index >= 15 is 0 Å². The molecule has 0 aromatic carbocycles. The van der Waals surface area contributed by atoms with Gasteiger partial charge in [0.25, 0.3) is 11.2 Å². The van der Waals surface area contributed by atoms with Gasteiger partial charge in [0.2, 0.25) is 0 Å². The molecule has 0 unspecified atom stereocenters. The van der Waals surface area contributed by atoms with Gasteiger partial charge < -0.3 is 4.57 Å². The van der Waals surface area contributed by atoms with Crippen LogP contribution in [0.15, 0.2) is 35.4 Å². The van der Waals surface area contributed by atoms with Gasteiger partial charge >= 0.3 is 0 Å². The molecule has 0 bridgehead atoms. The van der Waals surface area contributed by atoms with Crippen LogP contribution in [0.5, 0.6) is 0 Å². The monoisotopic (exact) mass is 299 g/mol. The van der Waals surface area contributed by atoms with Crippen LogP contribution in [0.3, 0.4) is 0 Å². The molecular weight excluding hydrogens is 293 g/mol. The highest BCUT2D eigenvalue weighted by atomic mass is 35.5. The van der Waals surface area contributed by atoms with Gasteiger partial charge in [-0.2, -0.15) is 0 Å². The third-order valence-electron chi connectivity index (χ3n) is 2.42. The molecule has 0 aliphatic carbocycles. The molecule has 0 saturated carbocycles. The van der Waals surface area contributed by atoms with Gasteiger partial charge in [-0.1, -0.05) is 23.2 Å². The zero-order valence-electron chi connectivity index (χ0n) is 9.42.